The van der Waals surface area contributed by atoms with Gasteiger partial charge in [-0.1, -0.05) is 0 Å². The van der Waals surface area contributed by atoms with Crippen molar-refractivity contribution >= 4 is 5.91 Å². The Balaban J connectivity index is 2.12. The minimum Gasteiger partial charge on any atom is -0.337 e. The topological polar surface area (TPSA) is 50.2 Å². The number of hydrogen-bond acceptors (Lipinski definition) is 3. The van der Waals surface area contributed by atoms with E-state index in [1.165, 1.54) is 0 Å². The van der Waals surface area contributed by atoms with Crippen LogP contribution in [0.15, 0.2) is 6.07 Å². The second-order valence-corrected chi connectivity index (χ2v) is 5.43. The van der Waals surface area contributed by atoms with Crippen molar-refractivity contribution in [1.29, 1.82) is 0 Å². The molecule has 1 aliphatic rings. The third-order valence-corrected chi connectivity index (χ3v) is 3.87. The quantitative estimate of drug-likeness (QED) is 0.891. The van der Waals surface area contributed by atoms with Gasteiger partial charge in [0.15, 0.2) is 0 Å². The summed E-state index contributed by atoms with van der Waals surface area (Å²) in [6.45, 7) is 7.64. The summed E-state index contributed by atoms with van der Waals surface area (Å²) in [6, 6.07) is 2.13. The number of nitrogens with zero attached hydrogens (tertiary/aromatic N) is 3. The third kappa shape index (κ3) is 2.81. The molecule has 19 heavy (non-hydrogen) atoms. The molecule has 0 bridgehead atoms. The largest absolute Gasteiger partial charge is 0.337 e. The van der Waals surface area contributed by atoms with Gasteiger partial charge in [-0.3, -0.25) is 9.48 Å². The molecule has 5 heteroatoms. The van der Waals surface area contributed by atoms with Crippen LogP contribution in [-0.2, 0) is 4.79 Å². The number of amides is 1. The van der Waals surface area contributed by atoms with Gasteiger partial charge < -0.3 is 10.2 Å². The summed E-state index contributed by atoms with van der Waals surface area (Å²) in [4.78, 5) is 14.6. The number of hydrogen-bond donors (Lipinski definition) is 1. The van der Waals surface area contributed by atoms with Crippen LogP contribution < -0.4 is 5.32 Å². The third-order valence-electron chi connectivity index (χ3n) is 3.87. The minimum atomic E-state index is -0.217. The molecule has 0 spiro atoms. The zero-order valence-electron chi connectivity index (χ0n) is 12.3. The molecule has 1 aliphatic heterocycles. The predicted octanol–water partition coefficient (Wildman–Crippen LogP) is 1.27. The fraction of sp³-hybridized carbons (Fsp3) is 0.714. The molecule has 1 aromatic heterocycles. The van der Waals surface area contributed by atoms with Gasteiger partial charge in [-0.05, 0) is 46.7 Å². The fourth-order valence-electron chi connectivity index (χ4n) is 2.96. The molecule has 0 aromatic carbocycles. The van der Waals surface area contributed by atoms with Gasteiger partial charge in [-0.2, -0.15) is 5.10 Å². The predicted molar refractivity (Wildman–Crippen MR) is 75.1 cm³/mol. The fourth-order valence-corrected chi connectivity index (χ4v) is 2.96. The summed E-state index contributed by atoms with van der Waals surface area (Å²) in [7, 11) is 1.94. The zero-order chi connectivity index (χ0) is 14.0. The van der Waals surface area contributed by atoms with Crippen LogP contribution in [0.25, 0.3) is 0 Å². The molecule has 0 saturated carbocycles. The number of likely N-dealkylation sites (N-methyl/N-ethyl adjacent to an activating group) is 1. The lowest BCUT2D eigenvalue weighted by Crippen LogP contribution is -2.44. The highest BCUT2D eigenvalue weighted by atomic mass is 16.2. The Morgan fingerprint density at radius 2 is 2.32 bits per heavy atom. The average Bonchev–Trinajstić information content (AvgIpc) is 2.94. The van der Waals surface area contributed by atoms with Crippen LogP contribution in [0.1, 0.15) is 37.2 Å². The van der Waals surface area contributed by atoms with Crippen molar-refractivity contribution < 1.29 is 4.79 Å². The first kappa shape index (κ1) is 14.1. The molecule has 5 nitrogen and oxygen atoms in total. The van der Waals surface area contributed by atoms with E-state index in [2.05, 4.69) is 10.4 Å². The van der Waals surface area contributed by atoms with Crippen molar-refractivity contribution in [2.24, 2.45) is 0 Å². The Labute approximate surface area is 115 Å². The second-order valence-electron chi connectivity index (χ2n) is 5.43. The Kier molecular flexibility index (Phi) is 4.24. The maximum absolute atomic E-state index is 12.6. The van der Waals surface area contributed by atoms with Gasteiger partial charge >= 0.3 is 0 Å². The summed E-state index contributed by atoms with van der Waals surface area (Å²) < 4.78 is 1.84. The number of carbonyl (C=O) groups excluding carboxylic acids is 1. The Bertz CT molecular complexity index is 454. The zero-order valence-corrected chi connectivity index (χ0v) is 12.3. The first-order chi connectivity index (χ1) is 9.04. The standard InChI is InChI=1S/C14H24N4O/c1-10-8-11(2)18(16-10)12(3)14(19)17-7-5-6-13(17)9-15-4/h8,12-13,15H,5-7,9H2,1-4H3/t12-,13-/m0/s1. The second kappa shape index (κ2) is 5.74. The van der Waals surface area contributed by atoms with Crippen LogP contribution in [-0.4, -0.2) is 46.8 Å². The van der Waals surface area contributed by atoms with Crippen LogP contribution in [0.5, 0.6) is 0 Å². The highest BCUT2D eigenvalue weighted by Crippen LogP contribution is 2.22. The summed E-state index contributed by atoms with van der Waals surface area (Å²) in [5, 5.41) is 7.60. The van der Waals surface area contributed by atoms with Gasteiger partial charge in [-0.25, -0.2) is 0 Å². The van der Waals surface area contributed by atoms with Crippen molar-refractivity contribution in [2.45, 2.75) is 45.7 Å². The average molecular weight is 264 g/mol. The first-order valence-corrected chi connectivity index (χ1v) is 7.02. The summed E-state index contributed by atoms with van der Waals surface area (Å²) >= 11 is 0. The number of likely N-dealkylation sites (tertiary alicyclic amines) is 1. The van der Waals surface area contributed by atoms with E-state index < -0.39 is 0 Å². The van der Waals surface area contributed by atoms with E-state index in [0.29, 0.717) is 6.04 Å². The van der Waals surface area contributed by atoms with Crippen molar-refractivity contribution in [1.82, 2.24) is 20.0 Å². The number of carbonyl (C=O) groups is 1. The molecule has 2 heterocycles. The lowest BCUT2D eigenvalue weighted by Gasteiger charge is -2.28. The molecule has 1 fully saturated rings. The molecule has 0 radical (unpaired) electrons. The Hall–Kier alpha value is -1.36. The van der Waals surface area contributed by atoms with E-state index >= 15 is 0 Å². The molecule has 2 atom stereocenters. The van der Waals surface area contributed by atoms with Crippen LogP contribution in [0.3, 0.4) is 0 Å². The van der Waals surface area contributed by atoms with Gasteiger partial charge in [-0.15, -0.1) is 0 Å². The number of aryl methyl sites for hydroxylation is 2. The number of aromatic nitrogens is 2. The first-order valence-electron chi connectivity index (χ1n) is 7.02. The van der Waals surface area contributed by atoms with Gasteiger partial charge in [0, 0.05) is 24.8 Å². The lowest BCUT2D eigenvalue weighted by atomic mass is 10.2. The molecular formula is C14H24N4O. The van der Waals surface area contributed by atoms with Crippen LogP contribution >= 0.6 is 0 Å². The van der Waals surface area contributed by atoms with Gasteiger partial charge in [0.25, 0.3) is 0 Å². The van der Waals surface area contributed by atoms with Gasteiger partial charge in [0.1, 0.15) is 6.04 Å². The molecule has 1 amide bonds. The Morgan fingerprint density at radius 1 is 1.58 bits per heavy atom. The summed E-state index contributed by atoms with van der Waals surface area (Å²) in [5.41, 5.74) is 2.01. The highest BCUT2D eigenvalue weighted by molar-refractivity contribution is 5.80. The van der Waals surface area contributed by atoms with Crippen molar-refractivity contribution in [3.8, 4) is 0 Å². The van der Waals surface area contributed by atoms with Crippen molar-refractivity contribution in [2.75, 3.05) is 20.1 Å². The molecule has 1 saturated heterocycles. The molecule has 0 aliphatic carbocycles. The van der Waals surface area contributed by atoms with E-state index in [4.69, 9.17) is 0 Å². The van der Waals surface area contributed by atoms with Crippen LogP contribution in [0, 0.1) is 13.8 Å². The van der Waals surface area contributed by atoms with Crippen molar-refractivity contribution in [3.05, 3.63) is 17.5 Å². The number of nitrogens with one attached hydrogen (secondary N) is 1. The van der Waals surface area contributed by atoms with Crippen LogP contribution in [0.2, 0.25) is 0 Å². The smallest absolute Gasteiger partial charge is 0.247 e. The van der Waals surface area contributed by atoms with E-state index in [1.807, 2.05) is 43.5 Å². The van der Waals surface area contributed by atoms with E-state index in [9.17, 15) is 4.79 Å². The summed E-state index contributed by atoms with van der Waals surface area (Å²) in [5.74, 6) is 0.184. The van der Waals surface area contributed by atoms with E-state index in [-0.39, 0.29) is 11.9 Å². The van der Waals surface area contributed by atoms with Crippen molar-refractivity contribution in [3.63, 3.8) is 0 Å². The number of rotatable bonds is 4. The van der Waals surface area contributed by atoms with Gasteiger partial charge in [0.2, 0.25) is 5.91 Å². The SMILES string of the molecule is CNC[C@@H]1CCCN1C(=O)[C@H](C)n1nc(C)cc1C. The molecule has 1 aromatic rings. The lowest BCUT2D eigenvalue weighted by molar-refractivity contribution is -0.135. The normalized spacial score (nSPS) is 20.8. The summed E-state index contributed by atoms with van der Waals surface area (Å²) in [6.07, 6.45) is 2.19. The molecule has 2 rings (SSSR count). The maximum atomic E-state index is 12.6. The minimum absolute atomic E-state index is 0.184. The highest BCUT2D eigenvalue weighted by Gasteiger charge is 2.32. The van der Waals surface area contributed by atoms with E-state index in [1.54, 1.807) is 0 Å². The molecular weight excluding hydrogens is 240 g/mol. The molecule has 1 N–H and O–H groups in total. The Morgan fingerprint density at radius 3 is 2.89 bits per heavy atom. The van der Waals surface area contributed by atoms with Crippen LogP contribution in [0.4, 0.5) is 0 Å². The molecule has 106 valence electrons. The molecule has 0 unspecified atom stereocenters. The van der Waals surface area contributed by atoms with Gasteiger partial charge in [0.05, 0.1) is 5.69 Å². The maximum Gasteiger partial charge on any atom is 0.247 e. The van der Waals surface area contributed by atoms with E-state index in [0.717, 1.165) is 37.3 Å². The monoisotopic (exact) mass is 264 g/mol.